The lowest BCUT2D eigenvalue weighted by atomic mass is 10.2. The molecule has 0 aliphatic carbocycles. The standard InChI is InChI=1S/C19H16ClNO5S3/c1-3-25-16-9-12(7-8-15(16)26-29(2,23)24)10-17-18(22)21(19(27)28-17)14-6-4-5-13(20)11-14/h4-11H,3H2,1-2H3. The van der Waals surface area contributed by atoms with Gasteiger partial charge in [0.05, 0.1) is 23.5 Å². The summed E-state index contributed by atoms with van der Waals surface area (Å²) in [7, 11) is -3.70. The molecule has 2 aromatic rings. The van der Waals surface area contributed by atoms with Crippen molar-refractivity contribution >= 4 is 67.7 Å². The maximum Gasteiger partial charge on any atom is 0.306 e. The van der Waals surface area contributed by atoms with Crippen molar-refractivity contribution in [1.29, 1.82) is 0 Å². The number of anilines is 1. The lowest BCUT2D eigenvalue weighted by molar-refractivity contribution is -0.113. The number of benzene rings is 2. The Balaban J connectivity index is 1.92. The van der Waals surface area contributed by atoms with E-state index in [1.165, 1.54) is 22.7 Å². The number of carbonyl (C=O) groups excluding carboxylic acids is 1. The molecule has 0 atom stereocenters. The van der Waals surface area contributed by atoms with Crippen LogP contribution in [0.25, 0.3) is 6.08 Å². The fourth-order valence-corrected chi connectivity index (χ4v) is 4.52. The fraction of sp³-hybridized carbons (Fsp3) is 0.158. The van der Waals surface area contributed by atoms with E-state index in [4.69, 9.17) is 32.7 Å². The van der Waals surface area contributed by atoms with Crippen LogP contribution in [0.3, 0.4) is 0 Å². The Morgan fingerprint density at radius 3 is 2.62 bits per heavy atom. The first-order valence-corrected chi connectivity index (χ1v) is 11.8. The Morgan fingerprint density at radius 1 is 1.21 bits per heavy atom. The number of halogens is 1. The maximum atomic E-state index is 12.9. The Labute approximate surface area is 183 Å². The lowest BCUT2D eigenvalue weighted by Crippen LogP contribution is -2.27. The predicted molar refractivity (Wildman–Crippen MR) is 120 cm³/mol. The van der Waals surface area contributed by atoms with Gasteiger partial charge in [-0.25, -0.2) is 0 Å². The van der Waals surface area contributed by atoms with Gasteiger partial charge in [0.1, 0.15) is 0 Å². The third kappa shape index (κ3) is 5.30. The van der Waals surface area contributed by atoms with E-state index in [9.17, 15) is 13.2 Å². The van der Waals surface area contributed by atoms with Crippen molar-refractivity contribution in [3.05, 3.63) is 58.0 Å². The van der Waals surface area contributed by atoms with Gasteiger partial charge in [-0.1, -0.05) is 47.7 Å². The third-order valence-electron chi connectivity index (χ3n) is 3.67. The van der Waals surface area contributed by atoms with E-state index in [1.54, 1.807) is 49.4 Å². The summed E-state index contributed by atoms with van der Waals surface area (Å²) in [5.74, 6) is 0.0756. The summed E-state index contributed by atoms with van der Waals surface area (Å²) in [5, 5.41) is 0.503. The van der Waals surface area contributed by atoms with Gasteiger partial charge in [0.25, 0.3) is 5.91 Å². The number of ether oxygens (including phenoxy) is 1. The zero-order chi connectivity index (χ0) is 21.2. The molecule has 0 N–H and O–H groups in total. The van der Waals surface area contributed by atoms with Gasteiger partial charge in [0.15, 0.2) is 15.8 Å². The van der Waals surface area contributed by atoms with E-state index in [0.717, 1.165) is 6.26 Å². The van der Waals surface area contributed by atoms with Crippen molar-refractivity contribution in [3.8, 4) is 11.5 Å². The first kappa shape index (κ1) is 21.6. The van der Waals surface area contributed by atoms with Gasteiger partial charge in [0, 0.05) is 5.02 Å². The van der Waals surface area contributed by atoms with Gasteiger partial charge < -0.3 is 8.92 Å². The van der Waals surface area contributed by atoms with Crippen LogP contribution >= 0.6 is 35.6 Å². The van der Waals surface area contributed by atoms with Crippen LogP contribution in [0.5, 0.6) is 11.5 Å². The molecule has 6 nitrogen and oxygen atoms in total. The van der Waals surface area contributed by atoms with Crippen LogP contribution in [0.15, 0.2) is 47.4 Å². The highest BCUT2D eigenvalue weighted by Gasteiger charge is 2.33. The summed E-state index contributed by atoms with van der Waals surface area (Å²) < 4.78 is 33.7. The van der Waals surface area contributed by atoms with E-state index < -0.39 is 10.1 Å². The first-order valence-electron chi connectivity index (χ1n) is 8.38. The Bertz CT molecular complexity index is 1110. The number of hydrogen-bond donors (Lipinski definition) is 0. The molecule has 1 heterocycles. The summed E-state index contributed by atoms with van der Waals surface area (Å²) in [5.41, 5.74) is 1.23. The van der Waals surface area contributed by atoms with Crippen molar-refractivity contribution in [2.45, 2.75) is 6.92 Å². The van der Waals surface area contributed by atoms with E-state index >= 15 is 0 Å². The molecule has 1 aliphatic heterocycles. The monoisotopic (exact) mass is 469 g/mol. The van der Waals surface area contributed by atoms with Gasteiger partial charge >= 0.3 is 10.1 Å². The maximum absolute atomic E-state index is 12.9. The molecule has 1 aliphatic rings. The van der Waals surface area contributed by atoms with E-state index in [-0.39, 0.29) is 17.4 Å². The quantitative estimate of drug-likeness (QED) is 0.350. The Kier molecular flexibility index (Phi) is 6.52. The molecule has 2 aromatic carbocycles. The number of thioether (sulfide) groups is 1. The molecule has 0 spiro atoms. The van der Waals surface area contributed by atoms with Gasteiger partial charge in [-0.05, 0) is 48.9 Å². The summed E-state index contributed by atoms with van der Waals surface area (Å²) in [6, 6.07) is 11.6. The molecular formula is C19H16ClNO5S3. The average Bonchev–Trinajstić information content (AvgIpc) is 2.90. The van der Waals surface area contributed by atoms with Crippen molar-refractivity contribution in [2.75, 3.05) is 17.8 Å². The molecule has 0 unspecified atom stereocenters. The normalized spacial score (nSPS) is 15.8. The second-order valence-corrected chi connectivity index (χ2v) is 9.61. The minimum Gasteiger partial charge on any atom is -0.490 e. The van der Waals surface area contributed by atoms with Crippen LogP contribution in [-0.2, 0) is 14.9 Å². The predicted octanol–water partition coefficient (Wildman–Crippen LogP) is 4.48. The number of rotatable bonds is 6. The van der Waals surface area contributed by atoms with Crippen LogP contribution < -0.4 is 13.8 Å². The zero-order valence-electron chi connectivity index (χ0n) is 15.4. The Morgan fingerprint density at radius 2 is 1.97 bits per heavy atom. The minimum absolute atomic E-state index is 0.0815. The van der Waals surface area contributed by atoms with Gasteiger partial charge in [0.2, 0.25) is 0 Å². The van der Waals surface area contributed by atoms with Crippen LogP contribution in [-0.4, -0.2) is 31.5 Å². The van der Waals surface area contributed by atoms with Gasteiger partial charge in [-0.2, -0.15) is 8.42 Å². The SMILES string of the molecule is CCOc1cc(C=C2SC(=S)N(c3cccc(Cl)c3)C2=O)ccc1OS(C)(=O)=O. The molecule has 0 radical (unpaired) electrons. The third-order valence-corrected chi connectivity index (χ3v) is 5.69. The van der Waals surface area contributed by atoms with Crippen molar-refractivity contribution < 1.29 is 22.1 Å². The van der Waals surface area contributed by atoms with Crippen molar-refractivity contribution in [2.24, 2.45) is 0 Å². The largest absolute Gasteiger partial charge is 0.490 e. The first-order chi connectivity index (χ1) is 13.7. The van der Waals surface area contributed by atoms with Crippen LogP contribution in [0.2, 0.25) is 5.02 Å². The molecule has 0 aromatic heterocycles. The molecule has 29 heavy (non-hydrogen) atoms. The second kappa shape index (κ2) is 8.74. The fourth-order valence-electron chi connectivity index (χ4n) is 2.57. The molecule has 3 rings (SSSR count). The molecule has 1 amide bonds. The summed E-state index contributed by atoms with van der Waals surface area (Å²) in [6.07, 6.45) is 2.62. The molecule has 0 bridgehead atoms. The molecule has 1 fully saturated rings. The summed E-state index contributed by atoms with van der Waals surface area (Å²) >= 11 is 12.5. The van der Waals surface area contributed by atoms with Crippen LogP contribution in [0.1, 0.15) is 12.5 Å². The number of amides is 1. The summed E-state index contributed by atoms with van der Waals surface area (Å²) in [4.78, 5) is 14.7. The minimum atomic E-state index is -3.70. The molecule has 1 saturated heterocycles. The van der Waals surface area contributed by atoms with Gasteiger partial charge in [-0.3, -0.25) is 9.69 Å². The number of hydrogen-bond acceptors (Lipinski definition) is 7. The van der Waals surface area contributed by atoms with Crippen molar-refractivity contribution in [3.63, 3.8) is 0 Å². The highest BCUT2D eigenvalue weighted by Crippen LogP contribution is 2.38. The molecule has 152 valence electrons. The molecule has 0 saturated carbocycles. The van der Waals surface area contributed by atoms with Crippen LogP contribution in [0.4, 0.5) is 5.69 Å². The van der Waals surface area contributed by atoms with E-state index in [0.29, 0.717) is 32.1 Å². The second-order valence-electron chi connectivity index (χ2n) is 5.92. The molecule has 10 heteroatoms. The average molecular weight is 470 g/mol. The number of carbonyl (C=O) groups is 1. The molecular weight excluding hydrogens is 454 g/mol. The van der Waals surface area contributed by atoms with E-state index in [1.807, 2.05) is 0 Å². The number of nitrogens with zero attached hydrogens (tertiary/aromatic N) is 1. The van der Waals surface area contributed by atoms with Crippen LogP contribution in [0, 0.1) is 0 Å². The highest BCUT2D eigenvalue weighted by molar-refractivity contribution is 8.27. The Hall–Kier alpha value is -2.07. The van der Waals surface area contributed by atoms with E-state index in [2.05, 4.69) is 0 Å². The topological polar surface area (TPSA) is 72.9 Å². The smallest absolute Gasteiger partial charge is 0.306 e. The number of thiocarbonyl (C=S) groups is 1. The summed E-state index contributed by atoms with van der Waals surface area (Å²) in [6.45, 7) is 2.09. The zero-order valence-corrected chi connectivity index (χ0v) is 18.6. The van der Waals surface area contributed by atoms with Crippen molar-refractivity contribution in [1.82, 2.24) is 0 Å². The lowest BCUT2D eigenvalue weighted by Gasteiger charge is -2.14. The van der Waals surface area contributed by atoms with Gasteiger partial charge in [-0.15, -0.1) is 0 Å². The highest BCUT2D eigenvalue weighted by atomic mass is 35.5.